The molecule has 0 amide bonds. The minimum atomic E-state index is 0.210. The van der Waals surface area contributed by atoms with Gasteiger partial charge in [-0.1, -0.05) is 45.0 Å². The highest BCUT2D eigenvalue weighted by Crippen LogP contribution is 2.32. The second-order valence-electron chi connectivity index (χ2n) is 6.64. The van der Waals surface area contributed by atoms with Gasteiger partial charge in [-0.15, -0.1) is 0 Å². The van der Waals surface area contributed by atoms with E-state index in [-0.39, 0.29) is 12.0 Å². The maximum absolute atomic E-state index is 9.47. The minimum Gasteiger partial charge on any atom is -0.396 e. The first kappa shape index (κ1) is 13.6. The molecule has 1 aliphatic heterocycles. The van der Waals surface area contributed by atoms with Gasteiger partial charge in [0, 0.05) is 31.5 Å². The van der Waals surface area contributed by atoms with Gasteiger partial charge in [0.05, 0.1) is 0 Å². The Morgan fingerprint density at radius 3 is 2.28 bits per heavy atom. The third-order valence-electron chi connectivity index (χ3n) is 4.06. The van der Waals surface area contributed by atoms with Crippen LogP contribution in [0.3, 0.4) is 0 Å². The summed E-state index contributed by atoms with van der Waals surface area (Å²) in [7, 11) is 2.13. The van der Waals surface area contributed by atoms with Crippen LogP contribution in [0.4, 0.5) is 0 Å². The molecule has 2 nitrogen and oxygen atoms in total. The molecular weight excluding hydrogens is 222 g/mol. The Hall–Kier alpha value is -0.860. The van der Waals surface area contributed by atoms with E-state index >= 15 is 0 Å². The molecule has 2 atom stereocenters. The Morgan fingerprint density at radius 2 is 1.78 bits per heavy atom. The van der Waals surface area contributed by atoms with Gasteiger partial charge in [0.25, 0.3) is 0 Å². The van der Waals surface area contributed by atoms with E-state index in [4.69, 9.17) is 0 Å². The van der Waals surface area contributed by atoms with Crippen molar-refractivity contribution >= 4 is 0 Å². The van der Waals surface area contributed by atoms with Crippen molar-refractivity contribution in [1.82, 2.24) is 4.90 Å². The Balaban J connectivity index is 2.19. The van der Waals surface area contributed by atoms with Crippen LogP contribution in [-0.4, -0.2) is 36.8 Å². The lowest BCUT2D eigenvalue weighted by atomic mass is 9.84. The third-order valence-corrected chi connectivity index (χ3v) is 4.06. The maximum atomic E-state index is 9.47. The van der Waals surface area contributed by atoms with Gasteiger partial charge in [0.2, 0.25) is 0 Å². The monoisotopic (exact) mass is 247 g/mol. The summed E-state index contributed by atoms with van der Waals surface area (Å²) in [5.74, 6) is 0.865. The van der Waals surface area contributed by atoms with Crippen LogP contribution >= 0.6 is 0 Å². The van der Waals surface area contributed by atoms with Gasteiger partial charge >= 0.3 is 0 Å². The van der Waals surface area contributed by atoms with Gasteiger partial charge in [-0.05, 0) is 23.6 Å². The fourth-order valence-corrected chi connectivity index (χ4v) is 2.88. The predicted octanol–water partition coefficient (Wildman–Crippen LogP) is 2.62. The number of rotatable bonds is 2. The number of aliphatic hydroxyl groups is 1. The van der Waals surface area contributed by atoms with Crippen LogP contribution in [-0.2, 0) is 5.41 Å². The van der Waals surface area contributed by atoms with Crippen LogP contribution in [0, 0.1) is 5.92 Å². The summed E-state index contributed by atoms with van der Waals surface area (Å²) in [6.45, 7) is 9.06. The van der Waals surface area contributed by atoms with Crippen molar-refractivity contribution in [2.75, 3.05) is 26.7 Å². The molecule has 1 aliphatic rings. The Kier molecular flexibility index (Phi) is 3.79. The number of likely N-dealkylation sites (tertiary alicyclic amines) is 1. The quantitative estimate of drug-likeness (QED) is 0.868. The van der Waals surface area contributed by atoms with Crippen LogP contribution in [0.2, 0.25) is 0 Å². The molecule has 1 saturated heterocycles. The molecule has 0 saturated carbocycles. The molecule has 2 unspecified atom stereocenters. The summed E-state index contributed by atoms with van der Waals surface area (Å²) in [6, 6.07) is 8.96. The molecule has 1 heterocycles. The average molecular weight is 247 g/mol. The molecule has 1 aromatic rings. The van der Waals surface area contributed by atoms with E-state index in [0.717, 1.165) is 13.1 Å². The molecule has 2 rings (SSSR count). The van der Waals surface area contributed by atoms with Crippen molar-refractivity contribution in [3.8, 4) is 0 Å². The smallest absolute Gasteiger partial charge is 0.0477 e. The zero-order chi connectivity index (χ0) is 13.3. The van der Waals surface area contributed by atoms with Crippen LogP contribution in [0.25, 0.3) is 0 Å². The number of likely N-dealkylation sites (N-methyl/N-ethyl adjacent to an activating group) is 1. The second-order valence-corrected chi connectivity index (χ2v) is 6.64. The van der Waals surface area contributed by atoms with E-state index in [2.05, 4.69) is 57.0 Å². The molecule has 1 fully saturated rings. The van der Waals surface area contributed by atoms with E-state index < -0.39 is 0 Å². The van der Waals surface area contributed by atoms with E-state index in [1.807, 2.05) is 0 Å². The van der Waals surface area contributed by atoms with Crippen molar-refractivity contribution in [2.45, 2.75) is 32.1 Å². The van der Waals surface area contributed by atoms with E-state index in [0.29, 0.717) is 11.8 Å². The highest BCUT2D eigenvalue weighted by Gasteiger charge is 2.31. The van der Waals surface area contributed by atoms with Gasteiger partial charge in [-0.2, -0.15) is 0 Å². The Bertz CT molecular complexity index is 391. The largest absolute Gasteiger partial charge is 0.396 e. The molecular formula is C16H25NO. The van der Waals surface area contributed by atoms with Crippen molar-refractivity contribution < 1.29 is 5.11 Å². The normalized spacial score (nSPS) is 25.6. The fourth-order valence-electron chi connectivity index (χ4n) is 2.88. The molecule has 2 heteroatoms. The summed E-state index contributed by atoms with van der Waals surface area (Å²) < 4.78 is 0. The van der Waals surface area contributed by atoms with E-state index in [1.165, 1.54) is 11.1 Å². The van der Waals surface area contributed by atoms with Crippen LogP contribution in [0.1, 0.15) is 37.8 Å². The highest BCUT2D eigenvalue weighted by molar-refractivity contribution is 5.30. The van der Waals surface area contributed by atoms with Gasteiger partial charge in [-0.3, -0.25) is 0 Å². The number of benzene rings is 1. The van der Waals surface area contributed by atoms with Crippen molar-refractivity contribution in [2.24, 2.45) is 5.92 Å². The van der Waals surface area contributed by atoms with E-state index in [9.17, 15) is 5.11 Å². The number of nitrogens with zero attached hydrogens (tertiary/aromatic N) is 1. The average Bonchev–Trinajstić information content (AvgIpc) is 2.69. The van der Waals surface area contributed by atoms with Crippen molar-refractivity contribution in [3.63, 3.8) is 0 Å². The SMILES string of the molecule is CN1CC(CO)C(c2ccc(C(C)(C)C)cc2)C1. The lowest BCUT2D eigenvalue weighted by Gasteiger charge is -2.21. The summed E-state index contributed by atoms with van der Waals surface area (Å²) in [5, 5.41) is 9.47. The topological polar surface area (TPSA) is 23.5 Å². The first-order valence-corrected chi connectivity index (χ1v) is 6.81. The number of aliphatic hydroxyl groups excluding tert-OH is 1. The molecule has 18 heavy (non-hydrogen) atoms. The number of hydrogen-bond acceptors (Lipinski definition) is 2. The van der Waals surface area contributed by atoms with Crippen LogP contribution in [0.5, 0.6) is 0 Å². The molecule has 0 spiro atoms. The van der Waals surface area contributed by atoms with Crippen molar-refractivity contribution in [1.29, 1.82) is 0 Å². The molecule has 100 valence electrons. The summed E-state index contributed by atoms with van der Waals surface area (Å²) in [4.78, 5) is 2.31. The van der Waals surface area contributed by atoms with Crippen LogP contribution < -0.4 is 0 Å². The predicted molar refractivity (Wildman–Crippen MR) is 76.0 cm³/mol. The highest BCUT2D eigenvalue weighted by atomic mass is 16.3. The zero-order valence-electron chi connectivity index (χ0n) is 12.0. The Labute approximate surface area is 111 Å². The third kappa shape index (κ3) is 2.76. The van der Waals surface area contributed by atoms with E-state index in [1.54, 1.807) is 0 Å². The van der Waals surface area contributed by atoms with Crippen molar-refractivity contribution in [3.05, 3.63) is 35.4 Å². The van der Waals surface area contributed by atoms with Crippen LogP contribution in [0.15, 0.2) is 24.3 Å². The van der Waals surface area contributed by atoms with Gasteiger partial charge in [0.1, 0.15) is 0 Å². The zero-order valence-corrected chi connectivity index (χ0v) is 12.0. The summed E-state index contributed by atoms with van der Waals surface area (Å²) in [6.07, 6.45) is 0. The molecule has 0 radical (unpaired) electrons. The standard InChI is InChI=1S/C16H25NO/c1-16(2,3)14-7-5-12(6-8-14)15-10-17(4)9-13(15)11-18/h5-8,13,15,18H,9-11H2,1-4H3. The first-order valence-electron chi connectivity index (χ1n) is 6.81. The molecule has 0 aliphatic carbocycles. The molecule has 0 bridgehead atoms. The summed E-state index contributed by atoms with van der Waals surface area (Å²) >= 11 is 0. The number of hydrogen-bond donors (Lipinski definition) is 1. The fraction of sp³-hybridized carbons (Fsp3) is 0.625. The molecule has 0 aromatic heterocycles. The lowest BCUT2D eigenvalue weighted by Crippen LogP contribution is -2.16. The maximum Gasteiger partial charge on any atom is 0.0477 e. The van der Waals surface area contributed by atoms with Gasteiger partial charge < -0.3 is 10.0 Å². The van der Waals surface area contributed by atoms with Gasteiger partial charge in [0.15, 0.2) is 0 Å². The van der Waals surface area contributed by atoms with Gasteiger partial charge in [-0.25, -0.2) is 0 Å². The minimum absolute atomic E-state index is 0.210. The lowest BCUT2D eigenvalue weighted by molar-refractivity contribution is 0.219. The first-order chi connectivity index (χ1) is 8.41. The second kappa shape index (κ2) is 5.02. The Morgan fingerprint density at radius 1 is 1.17 bits per heavy atom. The molecule has 1 aromatic carbocycles. The molecule has 1 N–H and O–H groups in total. The summed E-state index contributed by atoms with van der Waals surface area (Å²) in [5.41, 5.74) is 2.95.